The van der Waals surface area contributed by atoms with Crippen LogP contribution in [0.4, 0.5) is 0 Å². The largest absolute Gasteiger partial charge is 0.478 e. The molecule has 0 saturated heterocycles. The summed E-state index contributed by atoms with van der Waals surface area (Å²) in [5.41, 5.74) is 1.05. The molecule has 96 valence electrons. The number of carboxylic acid groups (broad SMARTS) is 1. The van der Waals surface area contributed by atoms with Crippen molar-refractivity contribution in [2.45, 2.75) is 6.54 Å². The molecule has 2 N–H and O–H groups in total. The monoisotopic (exact) mass is 256 g/mol. The number of hydrogen-bond donors (Lipinski definition) is 2. The molecular weight excluding hydrogens is 244 g/mol. The number of carbonyl (C=O) groups excluding carboxylic acids is 1. The van der Waals surface area contributed by atoms with E-state index in [1.807, 2.05) is 0 Å². The van der Waals surface area contributed by atoms with Crippen LogP contribution in [0.25, 0.3) is 0 Å². The van der Waals surface area contributed by atoms with Crippen LogP contribution in [0.2, 0.25) is 0 Å². The van der Waals surface area contributed by atoms with Crippen molar-refractivity contribution in [2.24, 2.45) is 0 Å². The lowest BCUT2D eigenvalue weighted by Crippen LogP contribution is -2.24. The highest BCUT2D eigenvalue weighted by Crippen LogP contribution is 2.09. The van der Waals surface area contributed by atoms with Crippen LogP contribution < -0.4 is 5.32 Å². The smallest absolute Gasteiger partial charge is 0.336 e. The van der Waals surface area contributed by atoms with Crippen molar-refractivity contribution in [3.63, 3.8) is 0 Å². The molecular formula is C14H12N2O3. The number of benzene rings is 1. The molecule has 2 aromatic rings. The van der Waals surface area contributed by atoms with Gasteiger partial charge in [0.1, 0.15) is 0 Å². The normalized spacial score (nSPS) is 9.89. The molecule has 1 amide bonds. The Kier molecular flexibility index (Phi) is 3.87. The Hall–Kier alpha value is -2.69. The first-order valence-electron chi connectivity index (χ1n) is 5.68. The molecule has 0 bridgehead atoms. The molecule has 0 unspecified atom stereocenters. The summed E-state index contributed by atoms with van der Waals surface area (Å²) >= 11 is 0. The summed E-state index contributed by atoms with van der Waals surface area (Å²) in [6.07, 6.45) is 3.26. The lowest BCUT2D eigenvalue weighted by atomic mass is 10.1. The van der Waals surface area contributed by atoms with E-state index in [4.69, 9.17) is 5.11 Å². The van der Waals surface area contributed by atoms with E-state index in [-0.39, 0.29) is 11.1 Å². The summed E-state index contributed by atoms with van der Waals surface area (Å²) in [7, 11) is 0. The van der Waals surface area contributed by atoms with Gasteiger partial charge in [-0.15, -0.1) is 0 Å². The lowest BCUT2D eigenvalue weighted by Gasteiger charge is -2.07. The van der Waals surface area contributed by atoms with Crippen LogP contribution in [0.3, 0.4) is 0 Å². The fourth-order valence-corrected chi connectivity index (χ4v) is 1.65. The molecule has 1 aromatic heterocycles. The first-order chi connectivity index (χ1) is 9.18. The van der Waals surface area contributed by atoms with Crippen LogP contribution in [-0.4, -0.2) is 22.0 Å². The molecule has 0 aliphatic rings. The highest BCUT2D eigenvalue weighted by atomic mass is 16.4. The maximum absolute atomic E-state index is 12.0. The second-order valence-corrected chi connectivity index (χ2v) is 3.89. The van der Waals surface area contributed by atoms with Crippen LogP contribution in [0.5, 0.6) is 0 Å². The summed E-state index contributed by atoms with van der Waals surface area (Å²) in [5.74, 6) is -1.52. The van der Waals surface area contributed by atoms with E-state index in [1.54, 1.807) is 36.7 Å². The van der Waals surface area contributed by atoms with Crippen molar-refractivity contribution in [1.82, 2.24) is 10.3 Å². The Balaban J connectivity index is 2.10. The molecule has 19 heavy (non-hydrogen) atoms. The third kappa shape index (κ3) is 3.16. The van der Waals surface area contributed by atoms with Crippen molar-refractivity contribution in [1.29, 1.82) is 0 Å². The Morgan fingerprint density at radius 1 is 1.05 bits per heavy atom. The number of amides is 1. The second kappa shape index (κ2) is 5.77. The molecule has 0 aliphatic heterocycles. The first-order valence-corrected chi connectivity index (χ1v) is 5.68. The Morgan fingerprint density at radius 2 is 1.68 bits per heavy atom. The van der Waals surface area contributed by atoms with Gasteiger partial charge in [0.2, 0.25) is 0 Å². The fourth-order valence-electron chi connectivity index (χ4n) is 1.65. The molecule has 0 spiro atoms. The minimum atomic E-state index is -1.12. The predicted molar refractivity (Wildman–Crippen MR) is 68.8 cm³/mol. The van der Waals surface area contributed by atoms with Crippen LogP contribution in [0, 0.1) is 0 Å². The lowest BCUT2D eigenvalue weighted by molar-refractivity contribution is 0.0691. The summed E-state index contributed by atoms with van der Waals surface area (Å²) in [6, 6.07) is 9.68. The zero-order valence-corrected chi connectivity index (χ0v) is 10.0. The third-order valence-electron chi connectivity index (χ3n) is 2.60. The van der Waals surface area contributed by atoms with Crippen molar-refractivity contribution in [3.8, 4) is 0 Å². The van der Waals surface area contributed by atoms with E-state index >= 15 is 0 Å². The zero-order chi connectivity index (χ0) is 13.7. The van der Waals surface area contributed by atoms with Crippen LogP contribution in [-0.2, 0) is 6.54 Å². The molecule has 0 atom stereocenters. The zero-order valence-electron chi connectivity index (χ0n) is 10.0. The minimum absolute atomic E-state index is 0.00488. The van der Waals surface area contributed by atoms with Crippen molar-refractivity contribution in [2.75, 3.05) is 0 Å². The summed E-state index contributed by atoms with van der Waals surface area (Å²) in [6.45, 7) is 0.329. The van der Waals surface area contributed by atoms with Crippen molar-refractivity contribution < 1.29 is 14.7 Å². The Morgan fingerprint density at radius 3 is 2.32 bits per heavy atom. The Labute approximate surface area is 109 Å². The number of nitrogens with zero attached hydrogens (tertiary/aromatic N) is 1. The first kappa shape index (κ1) is 12.8. The molecule has 0 radical (unpaired) electrons. The molecule has 5 nitrogen and oxygen atoms in total. The number of nitrogens with one attached hydrogen (secondary N) is 1. The van der Waals surface area contributed by atoms with Gasteiger partial charge in [-0.2, -0.15) is 0 Å². The average Bonchev–Trinajstić information content (AvgIpc) is 2.46. The number of aromatic nitrogens is 1. The SMILES string of the molecule is O=C(O)c1ccccc1C(=O)NCc1ccncc1. The van der Waals surface area contributed by atoms with E-state index < -0.39 is 11.9 Å². The van der Waals surface area contributed by atoms with E-state index in [1.165, 1.54) is 12.1 Å². The number of hydrogen-bond acceptors (Lipinski definition) is 3. The highest BCUT2D eigenvalue weighted by molar-refractivity contribution is 6.04. The maximum Gasteiger partial charge on any atom is 0.336 e. The van der Waals surface area contributed by atoms with E-state index in [0.29, 0.717) is 6.54 Å². The van der Waals surface area contributed by atoms with Gasteiger partial charge in [0, 0.05) is 18.9 Å². The van der Waals surface area contributed by atoms with Crippen LogP contribution in [0.15, 0.2) is 48.8 Å². The quantitative estimate of drug-likeness (QED) is 0.872. The van der Waals surface area contributed by atoms with E-state index in [0.717, 1.165) is 5.56 Å². The number of carboxylic acids is 1. The molecule has 0 fully saturated rings. The molecule has 1 aromatic carbocycles. The minimum Gasteiger partial charge on any atom is -0.478 e. The fraction of sp³-hybridized carbons (Fsp3) is 0.0714. The maximum atomic E-state index is 12.0. The van der Waals surface area contributed by atoms with Gasteiger partial charge >= 0.3 is 5.97 Å². The number of pyridine rings is 1. The highest BCUT2D eigenvalue weighted by Gasteiger charge is 2.15. The van der Waals surface area contributed by atoms with Gasteiger partial charge in [-0.3, -0.25) is 9.78 Å². The van der Waals surface area contributed by atoms with Crippen molar-refractivity contribution in [3.05, 3.63) is 65.5 Å². The molecule has 1 heterocycles. The van der Waals surface area contributed by atoms with Gasteiger partial charge in [0.05, 0.1) is 11.1 Å². The summed E-state index contributed by atoms with van der Waals surface area (Å²) in [4.78, 5) is 26.8. The second-order valence-electron chi connectivity index (χ2n) is 3.89. The number of rotatable bonds is 4. The van der Waals surface area contributed by atoms with Crippen molar-refractivity contribution >= 4 is 11.9 Å². The molecule has 5 heteroatoms. The summed E-state index contributed by atoms with van der Waals surface area (Å²) < 4.78 is 0. The third-order valence-corrected chi connectivity index (χ3v) is 2.60. The van der Waals surface area contributed by atoms with E-state index in [9.17, 15) is 9.59 Å². The van der Waals surface area contributed by atoms with Gasteiger partial charge < -0.3 is 10.4 Å². The van der Waals surface area contributed by atoms with Gasteiger partial charge in [-0.25, -0.2) is 4.79 Å². The van der Waals surface area contributed by atoms with Crippen LogP contribution >= 0.6 is 0 Å². The average molecular weight is 256 g/mol. The summed E-state index contributed by atoms with van der Waals surface area (Å²) in [5, 5.41) is 11.7. The standard InChI is InChI=1S/C14H12N2O3/c17-13(16-9-10-5-7-15-8-6-10)11-3-1-2-4-12(11)14(18)19/h1-8H,9H2,(H,16,17)(H,18,19). The van der Waals surface area contributed by atoms with Gasteiger partial charge in [0.25, 0.3) is 5.91 Å². The number of aromatic carboxylic acids is 1. The Bertz CT molecular complexity index is 597. The van der Waals surface area contributed by atoms with Gasteiger partial charge in [-0.05, 0) is 29.8 Å². The van der Waals surface area contributed by atoms with Gasteiger partial charge in [0.15, 0.2) is 0 Å². The topological polar surface area (TPSA) is 79.3 Å². The number of carbonyl (C=O) groups is 2. The van der Waals surface area contributed by atoms with E-state index in [2.05, 4.69) is 10.3 Å². The van der Waals surface area contributed by atoms with Crippen LogP contribution in [0.1, 0.15) is 26.3 Å². The molecule has 2 rings (SSSR count). The van der Waals surface area contributed by atoms with Gasteiger partial charge in [-0.1, -0.05) is 12.1 Å². The predicted octanol–water partition coefficient (Wildman–Crippen LogP) is 1.71. The molecule has 0 saturated carbocycles. The molecule has 0 aliphatic carbocycles.